The SMILES string of the molecule is Cc1csc(CNCc2cc(F)cc(F)c2)n1. The largest absolute Gasteiger partial charge is 0.306 e. The lowest BCUT2D eigenvalue weighted by atomic mass is 10.2. The van der Waals surface area contributed by atoms with Crippen LogP contribution in [0, 0.1) is 18.6 Å². The van der Waals surface area contributed by atoms with Crippen molar-refractivity contribution >= 4 is 11.3 Å². The number of thiazole rings is 1. The number of halogens is 2. The summed E-state index contributed by atoms with van der Waals surface area (Å²) in [7, 11) is 0. The minimum atomic E-state index is -0.549. The fourth-order valence-electron chi connectivity index (χ4n) is 1.51. The molecule has 0 saturated heterocycles. The number of benzene rings is 1. The molecule has 0 aliphatic carbocycles. The smallest absolute Gasteiger partial charge is 0.126 e. The zero-order valence-corrected chi connectivity index (χ0v) is 10.2. The summed E-state index contributed by atoms with van der Waals surface area (Å²) in [5, 5.41) is 6.04. The Labute approximate surface area is 102 Å². The van der Waals surface area contributed by atoms with Gasteiger partial charge in [-0.2, -0.15) is 0 Å². The zero-order valence-electron chi connectivity index (χ0n) is 9.34. The lowest BCUT2D eigenvalue weighted by molar-refractivity contribution is 0.575. The van der Waals surface area contributed by atoms with Crippen LogP contribution in [0.25, 0.3) is 0 Å². The maximum atomic E-state index is 12.9. The molecule has 0 saturated carbocycles. The van der Waals surface area contributed by atoms with E-state index in [1.54, 1.807) is 11.3 Å². The molecule has 0 spiro atoms. The number of hydrogen-bond donors (Lipinski definition) is 1. The van der Waals surface area contributed by atoms with Crippen LogP contribution in [0.5, 0.6) is 0 Å². The van der Waals surface area contributed by atoms with E-state index in [1.165, 1.54) is 12.1 Å². The summed E-state index contributed by atoms with van der Waals surface area (Å²) in [5.74, 6) is -1.10. The number of hydrogen-bond acceptors (Lipinski definition) is 3. The van der Waals surface area contributed by atoms with Crippen LogP contribution in [0.2, 0.25) is 0 Å². The molecule has 0 fully saturated rings. The number of aryl methyl sites for hydroxylation is 1. The monoisotopic (exact) mass is 254 g/mol. The molecular weight excluding hydrogens is 242 g/mol. The molecule has 1 aromatic carbocycles. The van der Waals surface area contributed by atoms with Gasteiger partial charge in [-0.1, -0.05) is 0 Å². The van der Waals surface area contributed by atoms with Crippen molar-refractivity contribution in [2.75, 3.05) is 0 Å². The van der Waals surface area contributed by atoms with E-state index in [2.05, 4.69) is 10.3 Å². The molecule has 0 amide bonds. The van der Waals surface area contributed by atoms with Crippen molar-refractivity contribution in [1.29, 1.82) is 0 Å². The Balaban J connectivity index is 1.89. The lowest BCUT2D eigenvalue weighted by Crippen LogP contribution is -2.12. The molecule has 2 nitrogen and oxygen atoms in total. The molecule has 2 aromatic rings. The Kier molecular flexibility index (Phi) is 3.81. The highest BCUT2D eigenvalue weighted by Crippen LogP contribution is 2.10. The number of nitrogens with one attached hydrogen (secondary N) is 1. The van der Waals surface area contributed by atoms with E-state index in [4.69, 9.17) is 0 Å². The summed E-state index contributed by atoms with van der Waals surface area (Å²) in [6, 6.07) is 3.51. The second-order valence-corrected chi connectivity index (χ2v) is 4.71. The summed E-state index contributed by atoms with van der Waals surface area (Å²) in [6.07, 6.45) is 0. The average molecular weight is 254 g/mol. The predicted molar refractivity (Wildman–Crippen MR) is 63.8 cm³/mol. The first kappa shape index (κ1) is 12.1. The Hall–Kier alpha value is -1.33. The zero-order chi connectivity index (χ0) is 12.3. The fraction of sp³-hybridized carbons (Fsp3) is 0.250. The van der Waals surface area contributed by atoms with Gasteiger partial charge in [0.05, 0.1) is 0 Å². The first-order valence-electron chi connectivity index (χ1n) is 5.20. The minimum Gasteiger partial charge on any atom is -0.306 e. The highest BCUT2D eigenvalue weighted by Gasteiger charge is 2.01. The van der Waals surface area contributed by atoms with Gasteiger partial charge >= 0.3 is 0 Å². The maximum Gasteiger partial charge on any atom is 0.126 e. The van der Waals surface area contributed by atoms with E-state index in [9.17, 15) is 8.78 Å². The van der Waals surface area contributed by atoms with Crippen molar-refractivity contribution in [3.63, 3.8) is 0 Å². The molecule has 0 bridgehead atoms. The van der Waals surface area contributed by atoms with Crippen LogP contribution in [0.1, 0.15) is 16.3 Å². The van der Waals surface area contributed by atoms with Gasteiger partial charge in [0.1, 0.15) is 16.6 Å². The molecule has 0 radical (unpaired) electrons. The van der Waals surface area contributed by atoms with Gasteiger partial charge in [-0.3, -0.25) is 0 Å². The highest BCUT2D eigenvalue weighted by molar-refractivity contribution is 7.09. The van der Waals surface area contributed by atoms with E-state index in [0.29, 0.717) is 18.7 Å². The van der Waals surface area contributed by atoms with E-state index in [1.807, 2.05) is 12.3 Å². The third kappa shape index (κ3) is 3.57. The molecule has 1 N–H and O–H groups in total. The number of rotatable bonds is 4. The van der Waals surface area contributed by atoms with Gasteiger partial charge in [-0.05, 0) is 24.6 Å². The van der Waals surface area contributed by atoms with Crippen molar-refractivity contribution in [1.82, 2.24) is 10.3 Å². The van der Waals surface area contributed by atoms with Gasteiger partial charge < -0.3 is 5.32 Å². The van der Waals surface area contributed by atoms with Crippen molar-refractivity contribution < 1.29 is 8.78 Å². The third-order valence-electron chi connectivity index (χ3n) is 2.19. The van der Waals surface area contributed by atoms with Crippen LogP contribution < -0.4 is 5.32 Å². The van der Waals surface area contributed by atoms with Crippen LogP contribution in [0.3, 0.4) is 0 Å². The lowest BCUT2D eigenvalue weighted by Gasteiger charge is -2.03. The van der Waals surface area contributed by atoms with E-state index in [0.717, 1.165) is 16.8 Å². The molecule has 0 aliphatic rings. The molecule has 0 unspecified atom stereocenters. The van der Waals surface area contributed by atoms with Crippen LogP contribution >= 0.6 is 11.3 Å². The van der Waals surface area contributed by atoms with Crippen molar-refractivity contribution in [3.8, 4) is 0 Å². The van der Waals surface area contributed by atoms with Crippen LogP contribution in [0.4, 0.5) is 8.78 Å². The Morgan fingerprint density at radius 1 is 1.18 bits per heavy atom. The number of nitrogens with zero attached hydrogens (tertiary/aromatic N) is 1. The molecule has 17 heavy (non-hydrogen) atoms. The molecule has 90 valence electrons. The summed E-state index contributed by atoms with van der Waals surface area (Å²) in [4.78, 5) is 4.28. The van der Waals surface area contributed by atoms with Crippen LogP contribution in [-0.4, -0.2) is 4.98 Å². The number of aromatic nitrogens is 1. The molecular formula is C12H12F2N2S. The van der Waals surface area contributed by atoms with Gasteiger partial charge in [-0.15, -0.1) is 11.3 Å². The van der Waals surface area contributed by atoms with Gasteiger partial charge in [-0.25, -0.2) is 13.8 Å². The Morgan fingerprint density at radius 3 is 2.47 bits per heavy atom. The second kappa shape index (κ2) is 5.33. The second-order valence-electron chi connectivity index (χ2n) is 3.76. The molecule has 2 rings (SSSR count). The maximum absolute atomic E-state index is 12.9. The van der Waals surface area contributed by atoms with Gasteiger partial charge in [0, 0.05) is 30.2 Å². The first-order valence-corrected chi connectivity index (χ1v) is 6.08. The molecule has 0 atom stereocenters. The van der Waals surface area contributed by atoms with E-state index >= 15 is 0 Å². The predicted octanol–water partition coefficient (Wildman–Crippen LogP) is 3.02. The molecule has 1 heterocycles. The van der Waals surface area contributed by atoms with Gasteiger partial charge in [0.2, 0.25) is 0 Å². The Morgan fingerprint density at radius 2 is 1.88 bits per heavy atom. The topological polar surface area (TPSA) is 24.9 Å². The summed E-state index contributed by atoms with van der Waals surface area (Å²) in [5.41, 5.74) is 1.58. The quantitative estimate of drug-likeness (QED) is 0.907. The minimum absolute atomic E-state index is 0.424. The van der Waals surface area contributed by atoms with Crippen LogP contribution in [-0.2, 0) is 13.1 Å². The standard InChI is InChI=1S/C12H12F2N2S/c1-8-7-17-12(16-8)6-15-5-9-2-10(13)4-11(14)3-9/h2-4,7,15H,5-6H2,1H3. The first-order chi connectivity index (χ1) is 8.13. The average Bonchev–Trinajstić information content (AvgIpc) is 2.63. The third-order valence-corrected chi connectivity index (χ3v) is 3.16. The summed E-state index contributed by atoms with van der Waals surface area (Å²) >= 11 is 1.57. The van der Waals surface area contributed by atoms with Crippen LogP contribution in [0.15, 0.2) is 23.6 Å². The molecule has 5 heteroatoms. The van der Waals surface area contributed by atoms with Gasteiger partial charge in [0.15, 0.2) is 0 Å². The van der Waals surface area contributed by atoms with Crippen molar-refractivity contribution in [2.24, 2.45) is 0 Å². The fourth-order valence-corrected chi connectivity index (χ4v) is 2.25. The summed E-state index contributed by atoms with van der Waals surface area (Å²) < 4.78 is 25.8. The van der Waals surface area contributed by atoms with Crippen molar-refractivity contribution in [2.45, 2.75) is 20.0 Å². The molecule has 1 aromatic heterocycles. The van der Waals surface area contributed by atoms with E-state index < -0.39 is 11.6 Å². The molecule has 0 aliphatic heterocycles. The summed E-state index contributed by atoms with van der Waals surface area (Å²) in [6.45, 7) is 2.96. The highest BCUT2D eigenvalue weighted by atomic mass is 32.1. The van der Waals surface area contributed by atoms with Crippen molar-refractivity contribution in [3.05, 3.63) is 51.5 Å². The Bertz CT molecular complexity index is 491. The van der Waals surface area contributed by atoms with E-state index in [-0.39, 0.29) is 0 Å². The van der Waals surface area contributed by atoms with Gasteiger partial charge in [0.25, 0.3) is 0 Å². The normalized spacial score (nSPS) is 10.8.